The minimum Gasteiger partial charge on any atom is -0.360 e. The lowest BCUT2D eigenvalue weighted by Gasteiger charge is -2.32. The number of carbonyl (C=O) groups excluding carboxylic acids is 2. The molecule has 1 aliphatic heterocycles. The molecular formula is C20H24N4O3. The summed E-state index contributed by atoms with van der Waals surface area (Å²) in [5.41, 5.74) is 0.350. The molecule has 2 fully saturated rings. The predicted octanol–water partition coefficient (Wildman–Crippen LogP) is 1.00. The zero-order valence-electron chi connectivity index (χ0n) is 15.2. The first kappa shape index (κ1) is 17.7. The van der Waals surface area contributed by atoms with Crippen LogP contribution in [0.5, 0.6) is 0 Å². The highest BCUT2D eigenvalue weighted by Crippen LogP contribution is 2.29. The Morgan fingerprint density at radius 1 is 1.11 bits per heavy atom. The minimum atomic E-state index is -0.541. The van der Waals surface area contributed by atoms with E-state index in [-0.39, 0.29) is 29.5 Å². The van der Waals surface area contributed by atoms with E-state index in [4.69, 9.17) is 0 Å². The molecule has 2 aromatic rings. The van der Waals surface area contributed by atoms with Crippen LogP contribution in [0.1, 0.15) is 36.0 Å². The first-order valence-corrected chi connectivity index (χ1v) is 9.54. The Bertz CT molecular complexity index is 911. The van der Waals surface area contributed by atoms with Crippen LogP contribution in [-0.2, 0) is 4.79 Å². The minimum absolute atomic E-state index is 0.0132. The number of fused-ring (bicyclic) bond motifs is 1. The fourth-order valence-electron chi connectivity index (χ4n) is 3.72. The summed E-state index contributed by atoms with van der Waals surface area (Å²) in [5, 5.41) is 5.99. The summed E-state index contributed by atoms with van der Waals surface area (Å²) in [4.78, 5) is 42.3. The number of amides is 2. The topological polar surface area (TPSA) is 94.3 Å². The van der Waals surface area contributed by atoms with E-state index in [9.17, 15) is 14.4 Å². The van der Waals surface area contributed by atoms with Crippen molar-refractivity contribution in [3.05, 3.63) is 46.2 Å². The van der Waals surface area contributed by atoms with Crippen molar-refractivity contribution in [1.29, 1.82) is 0 Å². The van der Waals surface area contributed by atoms with Crippen molar-refractivity contribution in [1.82, 2.24) is 20.5 Å². The number of pyridine rings is 1. The number of hydrogen-bond donors (Lipinski definition) is 3. The molecule has 0 spiro atoms. The van der Waals surface area contributed by atoms with Crippen LogP contribution >= 0.6 is 0 Å². The molecule has 7 heteroatoms. The second-order valence-corrected chi connectivity index (χ2v) is 7.37. The Balaban J connectivity index is 1.29. The third-order valence-electron chi connectivity index (χ3n) is 5.40. The average molecular weight is 368 g/mol. The maximum atomic E-state index is 12.4. The summed E-state index contributed by atoms with van der Waals surface area (Å²) in [6, 6.07) is 7.94. The predicted molar refractivity (Wildman–Crippen MR) is 103 cm³/mol. The lowest BCUT2D eigenvalue weighted by atomic mass is 10.0. The normalized spacial score (nSPS) is 18.4. The van der Waals surface area contributed by atoms with Crippen molar-refractivity contribution < 1.29 is 9.59 Å². The highest BCUT2D eigenvalue weighted by molar-refractivity contribution is 5.98. The third kappa shape index (κ3) is 4.03. The van der Waals surface area contributed by atoms with Gasteiger partial charge >= 0.3 is 0 Å². The van der Waals surface area contributed by atoms with Gasteiger partial charge in [-0.05, 0) is 37.8 Å². The molecule has 7 nitrogen and oxygen atoms in total. The Hall–Kier alpha value is -2.67. The molecule has 3 N–H and O–H groups in total. The number of piperidine rings is 1. The van der Waals surface area contributed by atoms with Crippen molar-refractivity contribution in [3.8, 4) is 0 Å². The van der Waals surface area contributed by atoms with Gasteiger partial charge in [-0.2, -0.15) is 0 Å². The van der Waals surface area contributed by atoms with Crippen LogP contribution in [0, 0.1) is 0 Å². The van der Waals surface area contributed by atoms with E-state index in [0.717, 1.165) is 32.0 Å². The van der Waals surface area contributed by atoms with E-state index < -0.39 is 5.91 Å². The largest absolute Gasteiger partial charge is 0.360 e. The van der Waals surface area contributed by atoms with Gasteiger partial charge in [0, 0.05) is 42.3 Å². The van der Waals surface area contributed by atoms with Gasteiger partial charge in [0.1, 0.15) is 5.56 Å². The van der Waals surface area contributed by atoms with Gasteiger partial charge in [-0.15, -0.1) is 0 Å². The number of carbonyl (C=O) groups is 2. The van der Waals surface area contributed by atoms with Gasteiger partial charge < -0.3 is 20.5 Å². The number of rotatable bonds is 5. The number of H-pyrrole nitrogens is 1. The number of aromatic nitrogens is 1. The van der Waals surface area contributed by atoms with Gasteiger partial charge in [0.05, 0.1) is 6.54 Å². The number of nitrogens with zero attached hydrogens (tertiary/aromatic N) is 1. The number of hydrogen-bond acceptors (Lipinski definition) is 4. The van der Waals surface area contributed by atoms with Crippen LogP contribution in [0.15, 0.2) is 35.3 Å². The van der Waals surface area contributed by atoms with Crippen LogP contribution in [0.4, 0.5) is 0 Å². The van der Waals surface area contributed by atoms with Gasteiger partial charge in [0.25, 0.3) is 5.91 Å². The highest BCUT2D eigenvalue weighted by atomic mass is 16.2. The molecule has 142 valence electrons. The second kappa shape index (κ2) is 7.52. The van der Waals surface area contributed by atoms with E-state index in [0.29, 0.717) is 10.9 Å². The monoisotopic (exact) mass is 368 g/mol. The van der Waals surface area contributed by atoms with Crippen LogP contribution < -0.4 is 16.1 Å². The summed E-state index contributed by atoms with van der Waals surface area (Å²) in [6.07, 6.45) is 5.89. The molecule has 0 atom stereocenters. The molecule has 0 unspecified atom stereocenters. The zero-order chi connectivity index (χ0) is 18.8. The zero-order valence-corrected chi connectivity index (χ0v) is 15.2. The van der Waals surface area contributed by atoms with Crippen molar-refractivity contribution >= 4 is 22.7 Å². The molecule has 1 saturated carbocycles. The van der Waals surface area contributed by atoms with Gasteiger partial charge in [0.2, 0.25) is 11.3 Å². The molecule has 4 rings (SSSR count). The summed E-state index contributed by atoms with van der Waals surface area (Å²) in [6.45, 7) is 1.91. The molecule has 2 aliphatic rings. The fraction of sp³-hybridized carbons (Fsp3) is 0.450. The molecule has 1 aliphatic carbocycles. The molecular weight excluding hydrogens is 344 g/mol. The summed E-state index contributed by atoms with van der Waals surface area (Å²) in [5.74, 6) is -0.758. The Morgan fingerprint density at radius 2 is 1.85 bits per heavy atom. The number of para-hydroxylation sites is 1. The fourth-order valence-corrected chi connectivity index (χ4v) is 3.72. The van der Waals surface area contributed by atoms with Crippen LogP contribution in [0.3, 0.4) is 0 Å². The SMILES string of the molecule is O=C(CNC(=O)c1c[nH]c2ccccc2c1=O)NC1CCN(C2CC2)CC1. The van der Waals surface area contributed by atoms with Crippen molar-refractivity contribution in [2.75, 3.05) is 19.6 Å². The Labute approximate surface area is 157 Å². The van der Waals surface area contributed by atoms with E-state index in [2.05, 4.69) is 20.5 Å². The van der Waals surface area contributed by atoms with E-state index >= 15 is 0 Å². The maximum absolute atomic E-state index is 12.4. The quantitative estimate of drug-likeness (QED) is 0.734. The Morgan fingerprint density at radius 3 is 2.59 bits per heavy atom. The smallest absolute Gasteiger partial charge is 0.257 e. The highest BCUT2D eigenvalue weighted by Gasteiger charge is 2.32. The van der Waals surface area contributed by atoms with E-state index in [1.165, 1.54) is 19.0 Å². The standard InChI is InChI=1S/C20H24N4O3/c25-18(23-13-7-9-24(10-8-13)14-5-6-14)12-22-20(27)16-11-21-17-4-2-1-3-15(17)19(16)26/h1-4,11,13-14H,5-10,12H2,(H,21,26)(H,22,27)(H,23,25). The maximum Gasteiger partial charge on any atom is 0.257 e. The average Bonchev–Trinajstić information content (AvgIpc) is 3.52. The molecule has 27 heavy (non-hydrogen) atoms. The first-order valence-electron chi connectivity index (χ1n) is 9.54. The second-order valence-electron chi connectivity index (χ2n) is 7.37. The molecule has 0 bridgehead atoms. The first-order chi connectivity index (χ1) is 13.1. The van der Waals surface area contributed by atoms with Crippen LogP contribution in [0.25, 0.3) is 10.9 Å². The summed E-state index contributed by atoms with van der Waals surface area (Å²) in [7, 11) is 0. The molecule has 2 amide bonds. The Kier molecular flexibility index (Phi) is 4.94. The molecule has 1 saturated heterocycles. The molecule has 0 radical (unpaired) electrons. The molecule has 1 aromatic heterocycles. The number of likely N-dealkylation sites (tertiary alicyclic amines) is 1. The third-order valence-corrected chi connectivity index (χ3v) is 5.40. The lowest BCUT2D eigenvalue weighted by molar-refractivity contribution is -0.121. The number of benzene rings is 1. The lowest BCUT2D eigenvalue weighted by Crippen LogP contribution is -2.48. The molecule has 1 aromatic carbocycles. The summed E-state index contributed by atoms with van der Waals surface area (Å²) >= 11 is 0. The van der Waals surface area contributed by atoms with Crippen LogP contribution in [0.2, 0.25) is 0 Å². The van der Waals surface area contributed by atoms with E-state index in [1.807, 2.05) is 6.07 Å². The van der Waals surface area contributed by atoms with Gasteiger partial charge in [-0.25, -0.2) is 0 Å². The van der Waals surface area contributed by atoms with Gasteiger partial charge in [-0.3, -0.25) is 14.4 Å². The van der Waals surface area contributed by atoms with Gasteiger partial charge in [-0.1, -0.05) is 12.1 Å². The molecule has 2 heterocycles. The summed E-state index contributed by atoms with van der Waals surface area (Å²) < 4.78 is 0. The van der Waals surface area contributed by atoms with Crippen LogP contribution in [-0.4, -0.2) is 53.4 Å². The van der Waals surface area contributed by atoms with Gasteiger partial charge in [0.15, 0.2) is 0 Å². The number of nitrogens with one attached hydrogen (secondary N) is 3. The van der Waals surface area contributed by atoms with E-state index in [1.54, 1.807) is 18.2 Å². The number of aromatic amines is 1. The van der Waals surface area contributed by atoms with Crippen molar-refractivity contribution in [2.45, 2.75) is 37.8 Å². The van der Waals surface area contributed by atoms with Crippen molar-refractivity contribution in [2.24, 2.45) is 0 Å². The van der Waals surface area contributed by atoms with Crippen molar-refractivity contribution in [3.63, 3.8) is 0 Å².